The maximum Gasteiger partial charge on any atom is 0.335 e. The van der Waals surface area contributed by atoms with Crippen molar-refractivity contribution in [2.45, 2.75) is 12.3 Å². The molecule has 6 rings (SSSR count). The van der Waals surface area contributed by atoms with Gasteiger partial charge in [0.15, 0.2) is 0 Å². The molecule has 0 unspecified atom stereocenters. The molecule has 7 heteroatoms. The number of aromatic amines is 1. The van der Waals surface area contributed by atoms with E-state index < -0.39 is 5.97 Å². The van der Waals surface area contributed by atoms with Crippen molar-refractivity contribution in [3.63, 3.8) is 0 Å². The lowest BCUT2D eigenvalue weighted by atomic mass is 9.80. The molecule has 0 radical (unpaired) electrons. The molecule has 1 aliphatic heterocycles. The Morgan fingerprint density at radius 1 is 1.12 bits per heavy atom. The predicted octanol–water partition coefficient (Wildman–Crippen LogP) is 5.30. The number of nitrogens with zero attached hydrogens (tertiary/aromatic N) is 2. The molecule has 1 fully saturated rings. The van der Waals surface area contributed by atoms with Gasteiger partial charge in [-0.2, -0.15) is 5.10 Å². The summed E-state index contributed by atoms with van der Waals surface area (Å²) in [4.78, 5) is 11.4. The molecule has 3 aromatic carbocycles. The van der Waals surface area contributed by atoms with Crippen molar-refractivity contribution in [3.8, 4) is 16.8 Å². The molecular formula is C26H20FN3O3. The van der Waals surface area contributed by atoms with E-state index in [0.717, 1.165) is 44.3 Å². The van der Waals surface area contributed by atoms with Crippen LogP contribution in [0.5, 0.6) is 0 Å². The minimum atomic E-state index is -0.964. The van der Waals surface area contributed by atoms with Crippen molar-refractivity contribution >= 4 is 27.8 Å². The SMILES string of the molecule is CC1(c2c(-c3ccc(C(=O)O)cc3)c3cc4[nH]ncc4cc3n2-c2ccc(F)cc2)COC1. The number of halogens is 1. The molecule has 1 aliphatic rings. The smallest absolute Gasteiger partial charge is 0.335 e. The van der Waals surface area contributed by atoms with Gasteiger partial charge in [0.25, 0.3) is 0 Å². The van der Waals surface area contributed by atoms with Crippen molar-refractivity contribution < 1.29 is 19.0 Å². The van der Waals surface area contributed by atoms with E-state index in [4.69, 9.17) is 4.74 Å². The Morgan fingerprint density at radius 3 is 2.48 bits per heavy atom. The zero-order valence-corrected chi connectivity index (χ0v) is 17.8. The van der Waals surface area contributed by atoms with Gasteiger partial charge >= 0.3 is 5.97 Å². The van der Waals surface area contributed by atoms with Crippen molar-refractivity contribution in [3.05, 3.63) is 83.9 Å². The summed E-state index contributed by atoms with van der Waals surface area (Å²) in [6.07, 6.45) is 1.78. The summed E-state index contributed by atoms with van der Waals surface area (Å²) >= 11 is 0. The van der Waals surface area contributed by atoms with Crippen LogP contribution in [0.25, 0.3) is 38.6 Å². The summed E-state index contributed by atoms with van der Waals surface area (Å²) in [5.74, 6) is -1.26. The lowest BCUT2D eigenvalue weighted by Gasteiger charge is -2.40. The van der Waals surface area contributed by atoms with Crippen LogP contribution in [0.15, 0.2) is 66.9 Å². The first-order chi connectivity index (χ1) is 15.9. The topological polar surface area (TPSA) is 80.1 Å². The maximum atomic E-state index is 13.8. The summed E-state index contributed by atoms with van der Waals surface area (Å²) in [5, 5.41) is 18.6. The van der Waals surface area contributed by atoms with Gasteiger partial charge < -0.3 is 14.4 Å². The highest BCUT2D eigenvalue weighted by Gasteiger charge is 2.41. The monoisotopic (exact) mass is 441 g/mol. The maximum absolute atomic E-state index is 13.8. The molecular weight excluding hydrogens is 421 g/mol. The highest BCUT2D eigenvalue weighted by atomic mass is 19.1. The Bertz CT molecular complexity index is 1530. The van der Waals surface area contributed by atoms with Gasteiger partial charge in [-0.05, 0) is 61.0 Å². The molecule has 0 amide bonds. The van der Waals surface area contributed by atoms with E-state index in [-0.39, 0.29) is 16.8 Å². The lowest BCUT2D eigenvalue weighted by Crippen LogP contribution is -2.45. The lowest BCUT2D eigenvalue weighted by molar-refractivity contribution is -0.0523. The van der Waals surface area contributed by atoms with Crippen molar-refractivity contribution in [2.75, 3.05) is 13.2 Å². The first kappa shape index (κ1) is 19.7. The second kappa shape index (κ2) is 7.02. The van der Waals surface area contributed by atoms with Gasteiger partial charge in [-0.3, -0.25) is 5.10 Å². The van der Waals surface area contributed by atoms with E-state index in [9.17, 15) is 14.3 Å². The van der Waals surface area contributed by atoms with Gasteiger partial charge in [-0.15, -0.1) is 0 Å². The third-order valence-electron chi connectivity index (χ3n) is 6.45. The molecule has 3 heterocycles. The van der Waals surface area contributed by atoms with Crippen LogP contribution < -0.4 is 0 Å². The molecule has 0 spiro atoms. The molecule has 2 aromatic heterocycles. The largest absolute Gasteiger partial charge is 0.478 e. The van der Waals surface area contributed by atoms with Gasteiger partial charge in [0, 0.05) is 27.7 Å². The number of hydrogen-bond donors (Lipinski definition) is 2. The normalized spacial score (nSPS) is 15.1. The summed E-state index contributed by atoms with van der Waals surface area (Å²) < 4.78 is 21.6. The second-order valence-electron chi connectivity index (χ2n) is 8.80. The van der Waals surface area contributed by atoms with Gasteiger partial charge in [-0.1, -0.05) is 12.1 Å². The average Bonchev–Trinajstić information content (AvgIpc) is 3.38. The highest BCUT2D eigenvalue weighted by Crippen LogP contribution is 2.46. The van der Waals surface area contributed by atoms with Gasteiger partial charge in [0.05, 0.1) is 41.4 Å². The molecule has 0 saturated carbocycles. The fraction of sp³-hybridized carbons (Fsp3) is 0.154. The summed E-state index contributed by atoms with van der Waals surface area (Å²) in [6.45, 7) is 3.28. The zero-order valence-electron chi connectivity index (χ0n) is 17.8. The fourth-order valence-electron chi connectivity index (χ4n) is 4.77. The zero-order chi connectivity index (χ0) is 22.7. The van der Waals surface area contributed by atoms with E-state index >= 15 is 0 Å². The van der Waals surface area contributed by atoms with Crippen LogP contribution in [0.2, 0.25) is 0 Å². The van der Waals surface area contributed by atoms with Gasteiger partial charge in [-0.25, -0.2) is 9.18 Å². The Kier molecular flexibility index (Phi) is 4.19. The first-order valence-corrected chi connectivity index (χ1v) is 10.6. The van der Waals surface area contributed by atoms with Gasteiger partial charge in [0.1, 0.15) is 5.82 Å². The van der Waals surface area contributed by atoms with E-state index in [1.807, 2.05) is 12.1 Å². The number of ether oxygens (including phenoxy) is 1. The third-order valence-corrected chi connectivity index (χ3v) is 6.45. The average molecular weight is 441 g/mol. The number of carboxylic acid groups (broad SMARTS) is 1. The highest BCUT2D eigenvalue weighted by molar-refractivity contribution is 6.06. The van der Waals surface area contributed by atoms with Crippen LogP contribution in [0, 0.1) is 5.82 Å². The van der Waals surface area contributed by atoms with Crippen molar-refractivity contribution in [2.24, 2.45) is 0 Å². The van der Waals surface area contributed by atoms with Crippen LogP contribution in [-0.2, 0) is 10.2 Å². The Balaban J connectivity index is 1.74. The number of hydrogen-bond acceptors (Lipinski definition) is 3. The molecule has 1 saturated heterocycles. The number of aromatic carboxylic acids is 1. The first-order valence-electron chi connectivity index (χ1n) is 10.6. The summed E-state index contributed by atoms with van der Waals surface area (Å²) in [6, 6.07) is 17.6. The number of benzene rings is 3. The molecule has 0 atom stereocenters. The van der Waals surface area contributed by atoms with Gasteiger partial charge in [0.2, 0.25) is 0 Å². The summed E-state index contributed by atoms with van der Waals surface area (Å²) in [5.41, 5.74) is 5.66. The number of carboxylic acids is 1. The molecule has 164 valence electrons. The third kappa shape index (κ3) is 2.97. The van der Waals surface area contributed by atoms with E-state index in [1.165, 1.54) is 12.1 Å². The predicted molar refractivity (Wildman–Crippen MR) is 123 cm³/mol. The quantitative estimate of drug-likeness (QED) is 0.397. The van der Waals surface area contributed by atoms with Crippen molar-refractivity contribution in [1.82, 2.24) is 14.8 Å². The number of fused-ring (bicyclic) bond motifs is 2. The van der Waals surface area contributed by atoms with Crippen LogP contribution in [0.1, 0.15) is 23.0 Å². The second-order valence-corrected chi connectivity index (χ2v) is 8.80. The molecule has 5 aromatic rings. The molecule has 0 bridgehead atoms. The standard InChI is InChI=1S/C26H20FN3O3/c1-26(13-33-14-26)24-23(15-2-4-16(5-3-15)25(31)32)20-11-21-17(12-28-29-21)10-22(20)30(24)19-8-6-18(27)7-9-19/h2-12H,13-14H2,1H3,(H,28,29)(H,31,32). The van der Waals surface area contributed by atoms with Crippen LogP contribution in [0.4, 0.5) is 4.39 Å². The molecule has 0 aliphatic carbocycles. The number of H-pyrrole nitrogens is 1. The Hall–Kier alpha value is -3.97. The Morgan fingerprint density at radius 2 is 1.85 bits per heavy atom. The van der Waals surface area contributed by atoms with Crippen molar-refractivity contribution in [1.29, 1.82) is 0 Å². The summed E-state index contributed by atoms with van der Waals surface area (Å²) in [7, 11) is 0. The number of carbonyl (C=O) groups is 1. The van der Waals surface area contributed by atoms with E-state index in [0.29, 0.717) is 13.2 Å². The fourth-order valence-corrected chi connectivity index (χ4v) is 4.77. The Labute approximate surface area is 188 Å². The minimum absolute atomic E-state index is 0.233. The van der Waals surface area contributed by atoms with Crippen LogP contribution in [0.3, 0.4) is 0 Å². The molecule has 2 N–H and O–H groups in total. The molecule has 6 nitrogen and oxygen atoms in total. The number of nitrogens with one attached hydrogen (secondary N) is 1. The van der Waals surface area contributed by atoms with E-state index in [1.54, 1.807) is 30.5 Å². The van der Waals surface area contributed by atoms with Crippen LogP contribution >= 0.6 is 0 Å². The number of rotatable bonds is 4. The van der Waals surface area contributed by atoms with Crippen LogP contribution in [-0.4, -0.2) is 39.1 Å². The number of aromatic nitrogens is 3. The molecule has 33 heavy (non-hydrogen) atoms. The van der Waals surface area contributed by atoms with E-state index in [2.05, 4.69) is 33.8 Å². The minimum Gasteiger partial charge on any atom is -0.478 e.